The molecule has 0 spiro atoms. The molecule has 7 heteroatoms. The molecule has 0 aromatic heterocycles. The van der Waals surface area contributed by atoms with Crippen molar-refractivity contribution in [1.82, 2.24) is 4.90 Å². The van der Waals surface area contributed by atoms with Gasteiger partial charge in [0.25, 0.3) is 0 Å². The van der Waals surface area contributed by atoms with Gasteiger partial charge in [0, 0.05) is 19.2 Å². The van der Waals surface area contributed by atoms with Crippen molar-refractivity contribution in [2.24, 2.45) is 5.92 Å². The van der Waals surface area contributed by atoms with Crippen LogP contribution in [0.1, 0.15) is 32.6 Å². The summed E-state index contributed by atoms with van der Waals surface area (Å²) in [5.41, 5.74) is 0.255. The summed E-state index contributed by atoms with van der Waals surface area (Å²) >= 11 is 0. The molecule has 2 fully saturated rings. The fraction of sp³-hybridized carbons (Fsp3) is 0.542. The van der Waals surface area contributed by atoms with E-state index in [9.17, 15) is 4.79 Å². The maximum atomic E-state index is 13.2. The summed E-state index contributed by atoms with van der Waals surface area (Å²) < 4.78 is 29.7. The lowest BCUT2D eigenvalue weighted by molar-refractivity contribution is -0.336. The van der Waals surface area contributed by atoms with Crippen LogP contribution in [0.2, 0.25) is 0 Å². The normalized spacial score (nSPS) is 30.7. The third-order valence-corrected chi connectivity index (χ3v) is 5.30. The summed E-state index contributed by atoms with van der Waals surface area (Å²) in [5.74, 6) is -0.340. The highest BCUT2D eigenvalue weighted by molar-refractivity contribution is 5.69. The van der Waals surface area contributed by atoms with E-state index >= 15 is 0 Å². The molecule has 0 saturated carbocycles. The Balaban J connectivity index is 1.96. The van der Waals surface area contributed by atoms with Crippen LogP contribution in [0.15, 0.2) is 55.6 Å². The van der Waals surface area contributed by atoms with E-state index in [2.05, 4.69) is 13.2 Å². The summed E-state index contributed by atoms with van der Waals surface area (Å²) in [7, 11) is 1.57. The van der Waals surface area contributed by atoms with Crippen LogP contribution in [0.5, 0.6) is 0 Å². The number of nitrogens with zero attached hydrogens (tertiary/aromatic N) is 1. The van der Waals surface area contributed by atoms with E-state index in [-0.39, 0.29) is 12.5 Å². The standard InChI is InChI=1S/C24H33NO6/c1-7-14-25(23(26)31-24(3,4)5)19-17(8-2)22(27-6)29-18-15-28-21(30-20(18)19)16-12-10-9-11-13-16/h7-13,17-22H,1-2,14-15H2,3-6H3/t17-,18+,19+,20+,21+,22+/m0/s1. The molecule has 0 N–H and O–H groups in total. The zero-order valence-electron chi connectivity index (χ0n) is 18.7. The van der Waals surface area contributed by atoms with E-state index < -0.39 is 42.5 Å². The Hall–Kier alpha value is -2.19. The van der Waals surface area contributed by atoms with Gasteiger partial charge in [0.05, 0.1) is 18.6 Å². The first-order valence-corrected chi connectivity index (χ1v) is 10.5. The highest BCUT2D eigenvalue weighted by Gasteiger charge is 2.52. The van der Waals surface area contributed by atoms with Gasteiger partial charge in [-0.2, -0.15) is 0 Å². The van der Waals surface area contributed by atoms with Gasteiger partial charge in [0.15, 0.2) is 12.6 Å². The monoisotopic (exact) mass is 431 g/mol. The third-order valence-electron chi connectivity index (χ3n) is 5.30. The molecule has 2 aliphatic heterocycles. The van der Waals surface area contributed by atoms with E-state index in [1.807, 2.05) is 51.1 Å². The van der Waals surface area contributed by atoms with Gasteiger partial charge >= 0.3 is 6.09 Å². The molecule has 170 valence electrons. The molecule has 2 heterocycles. The molecule has 6 atom stereocenters. The van der Waals surface area contributed by atoms with E-state index in [4.69, 9.17) is 23.7 Å². The number of rotatable bonds is 6. The summed E-state index contributed by atoms with van der Waals surface area (Å²) in [6.45, 7) is 13.9. The third kappa shape index (κ3) is 5.36. The Morgan fingerprint density at radius 1 is 1.23 bits per heavy atom. The zero-order valence-corrected chi connectivity index (χ0v) is 18.7. The van der Waals surface area contributed by atoms with Crippen LogP contribution in [0.4, 0.5) is 4.79 Å². The first kappa shape index (κ1) is 23.5. The van der Waals surface area contributed by atoms with Crippen LogP contribution in [0, 0.1) is 5.92 Å². The molecule has 0 aliphatic carbocycles. The van der Waals surface area contributed by atoms with Gasteiger partial charge in [-0.15, -0.1) is 13.2 Å². The number of carbonyl (C=O) groups is 1. The summed E-state index contributed by atoms with van der Waals surface area (Å²) in [5, 5.41) is 0. The van der Waals surface area contributed by atoms with Crippen molar-refractivity contribution in [2.75, 3.05) is 20.3 Å². The topological polar surface area (TPSA) is 66.5 Å². The predicted molar refractivity (Wildman–Crippen MR) is 116 cm³/mol. The van der Waals surface area contributed by atoms with Crippen molar-refractivity contribution in [2.45, 2.75) is 57.2 Å². The van der Waals surface area contributed by atoms with E-state index in [0.717, 1.165) is 5.56 Å². The van der Waals surface area contributed by atoms with E-state index in [1.54, 1.807) is 24.2 Å². The molecule has 1 aromatic carbocycles. The van der Waals surface area contributed by atoms with Crippen molar-refractivity contribution in [3.8, 4) is 0 Å². The van der Waals surface area contributed by atoms with Gasteiger partial charge in [-0.25, -0.2) is 4.79 Å². The molecule has 0 bridgehead atoms. The lowest BCUT2D eigenvalue weighted by atomic mass is 9.86. The average Bonchev–Trinajstić information content (AvgIpc) is 2.75. The maximum Gasteiger partial charge on any atom is 0.410 e. The van der Waals surface area contributed by atoms with Gasteiger partial charge in [-0.3, -0.25) is 4.90 Å². The molecule has 3 rings (SSSR count). The van der Waals surface area contributed by atoms with Crippen molar-refractivity contribution in [3.05, 3.63) is 61.2 Å². The minimum Gasteiger partial charge on any atom is -0.444 e. The van der Waals surface area contributed by atoms with Crippen molar-refractivity contribution < 1.29 is 28.5 Å². The number of amides is 1. The molecule has 0 radical (unpaired) electrons. The van der Waals surface area contributed by atoms with E-state index in [0.29, 0.717) is 6.61 Å². The highest BCUT2D eigenvalue weighted by Crippen LogP contribution is 2.39. The number of ether oxygens (including phenoxy) is 5. The second-order valence-electron chi connectivity index (χ2n) is 8.68. The van der Waals surface area contributed by atoms with Gasteiger partial charge in [0.1, 0.15) is 17.8 Å². The minimum absolute atomic E-state index is 0.282. The molecule has 1 amide bonds. The number of hydrogen-bond acceptors (Lipinski definition) is 6. The van der Waals surface area contributed by atoms with Crippen LogP contribution in [-0.2, 0) is 23.7 Å². The van der Waals surface area contributed by atoms with Crippen molar-refractivity contribution in [3.63, 3.8) is 0 Å². The van der Waals surface area contributed by atoms with Gasteiger partial charge in [0.2, 0.25) is 0 Å². The van der Waals surface area contributed by atoms with E-state index in [1.165, 1.54) is 0 Å². The molecule has 0 unspecified atom stereocenters. The Labute approximate surface area is 184 Å². The van der Waals surface area contributed by atoms with Crippen molar-refractivity contribution in [1.29, 1.82) is 0 Å². The summed E-state index contributed by atoms with van der Waals surface area (Å²) in [6.07, 6.45) is 0.907. The van der Waals surface area contributed by atoms with Crippen LogP contribution in [0.3, 0.4) is 0 Å². The first-order valence-electron chi connectivity index (χ1n) is 10.5. The number of hydrogen-bond donors (Lipinski definition) is 0. The smallest absolute Gasteiger partial charge is 0.410 e. The SMILES string of the molecule is C=CCN(C(=O)OC(C)(C)C)[C@@H]1[C@H](C=C)[C@H](OC)O[C@@H]2CO[C@@H](c3ccccc3)O[C@@H]12. The number of carbonyl (C=O) groups excluding carboxylic acids is 1. The highest BCUT2D eigenvalue weighted by atomic mass is 16.7. The van der Waals surface area contributed by atoms with Crippen LogP contribution >= 0.6 is 0 Å². The second kappa shape index (κ2) is 9.96. The Morgan fingerprint density at radius 3 is 2.52 bits per heavy atom. The Morgan fingerprint density at radius 2 is 1.94 bits per heavy atom. The van der Waals surface area contributed by atoms with Gasteiger partial charge < -0.3 is 23.7 Å². The largest absolute Gasteiger partial charge is 0.444 e. The second-order valence-corrected chi connectivity index (χ2v) is 8.68. The van der Waals surface area contributed by atoms with Crippen LogP contribution in [0.25, 0.3) is 0 Å². The maximum absolute atomic E-state index is 13.2. The zero-order chi connectivity index (χ0) is 22.6. The predicted octanol–water partition coefficient (Wildman–Crippen LogP) is 4.07. The minimum atomic E-state index is -0.644. The molecular weight excluding hydrogens is 398 g/mol. The van der Waals surface area contributed by atoms with Crippen LogP contribution in [-0.4, -0.2) is 61.4 Å². The van der Waals surface area contributed by atoms with Crippen LogP contribution < -0.4 is 0 Å². The molecule has 2 aliphatic rings. The number of benzene rings is 1. The molecule has 31 heavy (non-hydrogen) atoms. The fourth-order valence-electron chi connectivity index (χ4n) is 4.02. The molecule has 1 aromatic rings. The number of methoxy groups -OCH3 is 1. The fourth-order valence-corrected chi connectivity index (χ4v) is 4.02. The summed E-state index contributed by atoms with van der Waals surface area (Å²) in [4.78, 5) is 14.8. The Bertz CT molecular complexity index is 761. The Kier molecular flexibility index (Phi) is 7.54. The molecular formula is C24H33NO6. The molecule has 7 nitrogen and oxygen atoms in total. The van der Waals surface area contributed by atoms with Gasteiger partial charge in [-0.05, 0) is 20.8 Å². The van der Waals surface area contributed by atoms with Gasteiger partial charge in [-0.1, -0.05) is 42.5 Å². The lowest BCUT2D eigenvalue weighted by Crippen LogP contribution is -2.65. The lowest BCUT2D eigenvalue weighted by Gasteiger charge is -2.51. The average molecular weight is 432 g/mol. The van der Waals surface area contributed by atoms with Crippen molar-refractivity contribution >= 4 is 6.09 Å². The first-order chi connectivity index (χ1) is 14.8. The quantitative estimate of drug-likeness (QED) is 0.633. The number of fused-ring (bicyclic) bond motifs is 1. The summed E-state index contributed by atoms with van der Waals surface area (Å²) in [6, 6.07) is 9.25. The molecule has 2 saturated heterocycles.